The van der Waals surface area contributed by atoms with Crippen molar-refractivity contribution in [1.29, 1.82) is 0 Å². The Bertz CT molecular complexity index is 332. The minimum Gasteiger partial charge on any atom is -0.392 e. The average Bonchev–Trinajstić information content (AvgIpc) is 2.86. The van der Waals surface area contributed by atoms with Crippen LogP contribution in [0.4, 0.5) is 4.39 Å². The van der Waals surface area contributed by atoms with Crippen LogP contribution >= 0.6 is 0 Å². The molecule has 1 fully saturated rings. The van der Waals surface area contributed by atoms with Crippen LogP contribution in [0.5, 0.6) is 0 Å². The third-order valence-electron chi connectivity index (χ3n) is 2.44. The molecule has 70 valence electrons. The van der Waals surface area contributed by atoms with Gasteiger partial charge in [0, 0.05) is 5.56 Å². The van der Waals surface area contributed by atoms with Gasteiger partial charge in [0.15, 0.2) is 0 Å². The van der Waals surface area contributed by atoms with Gasteiger partial charge in [-0.2, -0.15) is 0 Å². The first-order valence-corrected chi connectivity index (χ1v) is 4.28. The summed E-state index contributed by atoms with van der Waals surface area (Å²) in [6.07, 6.45) is 1.22. The minimum atomic E-state index is -0.963. The van der Waals surface area contributed by atoms with Crippen LogP contribution < -0.4 is 0 Å². The van der Waals surface area contributed by atoms with E-state index in [1.165, 1.54) is 18.2 Å². The van der Waals surface area contributed by atoms with Gasteiger partial charge in [0.25, 0.3) is 0 Å². The van der Waals surface area contributed by atoms with E-state index in [9.17, 15) is 9.50 Å². The van der Waals surface area contributed by atoms with Crippen LogP contribution in [0.1, 0.15) is 24.0 Å². The SMILES string of the molecule is OCc1ccc(F)c(C2(O)CC2)c1. The van der Waals surface area contributed by atoms with Gasteiger partial charge in [-0.05, 0) is 30.5 Å². The van der Waals surface area contributed by atoms with Crippen molar-refractivity contribution in [3.63, 3.8) is 0 Å². The van der Waals surface area contributed by atoms with Gasteiger partial charge in [-0.1, -0.05) is 6.07 Å². The molecule has 1 aliphatic carbocycles. The summed E-state index contributed by atoms with van der Waals surface area (Å²) >= 11 is 0. The van der Waals surface area contributed by atoms with Crippen LogP contribution in [-0.4, -0.2) is 10.2 Å². The highest BCUT2D eigenvalue weighted by Crippen LogP contribution is 2.46. The molecule has 2 rings (SSSR count). The molecule has 1 aliphatic rings. The molecule has 0 aliphatic heterocycles. The third kappa shape index (κ3) is 1.45. The monoisotopic (exact) mass is 182 g/mol. The van der Waals surface area contributed by atoms with Gasteiger partial charge >= 0.3 is 0 Å². The first kappa shape index (κ1) is 8.66. The lowest BCUT2D eigenvalue weighted by Gasteiger charge is -2.10. The lowest BCUT2D eigenvalue weighted by Crippen LogP contribution is -2.07. The highest BCUT2D eigenvalue weighted by Gasteiger charge is 2.44. The maximum absolute atomic E-state index is 13.2. The van der Waals surface area contributed by atoms with Crippen molar-refractivity contribution in [2.45, 2.75) is 25.0 Å². The minimum absolute atomic E-state index is 0.122. The van der Waals surface area contributed by atoms with Crippen molar-refractivity contribution >= 4 is 0 Å². The topological polar surface area (TPSA) is 40.5 Å². The summed E-state index contributed by atoms with van der Waals surface area (Å²) in [4.78, 5) is 0. The molecule has 0 unspecified atom stereocenters. The van der Waals surface area contributed by atoms with Crippen LogP contribution in [0.3, 0.4) is 0 Å². The molecule has 1 aromatic carbocycles. The second kappa shape index (κ2) is 2.79. The molecule has 0 amide bonds. The van der Waals surface area contributed by atoms with E-state index in [1.807, 2.05) is 0 Å². The zero-order valence-corrected chi connectivity index (χ0v) is 7.13. The Hall–Kier alpha value is -0.930. The number of aliphatic hydroxyl groups is 2. The van der Waals surface area contributed by atoms with Crippen molar-refractivity contribution in [2.24, 2.45) is 0 Å². The molecule has 2 nitrogen and oxygen atoms in total. The lowest BCUT2D eigenvalue weighted by atomic mass is 10.0. The molecule has 2 N–H and O–H groups in total. The van der Waals surface area contributed by atoms with Crippen LogP contribution in [0, 0.1) is 5.82 Å². The van der Waals surface area contributed by atoms with Gasteiger partial charge in [0.05, 0.1) is 12.2 Å². The fourth-order valence-corrected chi connectivity index (χ4v) is 1.42. The molecule has 0 radical (unpaired) electrons. The molecule has 3 heteroatoms. The lowest BCUT2D eigenvalue weighted by molar-refractivity contribution is 0.146. The number of halogens is 1. The van der Waals surface area contributed by atoms with Crippen molar-refractivity contribution in [3.05, 3.63) is 35.1 Å². The maximum atomic E-state index is 13.2. The van der Waals surface area contributed by atoms with E-state index in [0.717, 1.165) is 0 Å². The first-order valence-electron chi connectivity index (χ1n) is 4.28. The molecular weight excluding hydrogens is 171 g/mol. The highest BCUT2D eigenvalue weighted by molar-refractivity contribution is 5.32. The molecule has 1 saturated carbocycles. The van der Waals surface area contributed by atoms with E-state index in [0.29, 0.717) is 24.0 Å². The van der Waals surface area contributed by atoms with E-state index in [4.69, 9.17) is 5.11 Å². The van der Waals surface area contributed by atoms with E-state index in [-0.39, 0.29) is 6.61 Å². The Kier molecular flexibility index (Phi) is 1.86. The van der Waals surface area contributed by atoms with Gasteiger partial charge in [0.2, 0.25) is 0 Å². The summed E-state index contributed by atoms with van der Waals surface area (Å²) in [5, 5.41) is 18.5. The second-order valence-corrected chi connectivity index (χ2v) is 3.50. The van der Waals surface area contributed by atoms with Crippen LogP contribution in [0.15, 0.2) is 18.2 Å². The number of benzene rings is 1. The Morgan fingerprint density at radius 2 is 2.08 bits per heavy atom. The van der Waals surface area contributed by atoms with E-state index >= 15 is 0 Å². The fraction of sp³-hybridized carbons (Fsp3) is 0.400. The maximum Gasteiger partial charge on any atom is 0.129 e. The summed E-state index contributed by atoms with van der Waals surface area (Å²) < 4.78 is 13.2. The predicted octanol–water partition coefficient (Wildman–Crippen LogP) is 1.30. The summed E-state index contributed by atoms with van der Waals surface area (Å²) in [6, 6.07) is 4.34. The van der Waals surface area contributed by atoms with Crippen molar-refractivity contribution in [2.75, 3.05) is 0 Å². The molecule has 0 bridgehead atoms. The smallest absolute Gasteiger partial charge is 0.129 e. The molecule has 0 atom stereocenters. The summed E-state index contributed by atoms with van der Waals surface area (Å²) in [5.41, 5.74) is -0.00861. The van der Waals surface area contributed by atoms with Gasteiger partial charge in [-0.25, -0.2) is 4.39 Å². The summed E-state index contributed by atoms with van der Waals surface area (Å²) in [5.74, 6) is -0.391. The van der Waals surface area contributed by atoms with Gasteiger partial charge < -0.3 is 10.2 Å². The Balaban J connectivity index is 2.43. The normalized spacial score (nSPS) is 18.7. The highest BCUT2D eigenvalue weighted by atomic mass is 19.1. The van der Waals surface area contributed by atoms with E-state index in [1.54, 1.807) is 0 Å². The largest absolute Gasteiger partial charge is 0.392 e. The standard InChI is InChI=1S/C10H11FO2/c11-9-2-1-7(6-12)5-8(9)10(13)3-4-10/h1-2,5,12-13H,3-4,6H2. The number of aliphatic hydroxyl groups excluding tert-OH is 1. The fourth-order valence-electron chi connectivity index (χ4n) is 1.42. The molecule has 13 heavy (non-hydrogen) atoms. The first-order chi connectivity index (χ1) is 6.15. The molecule has 0 heterocycles. The van der Waals surface area contributed by atoms with Crippen molar-refractivity contribution in [3.8, 4) is 0 Å². The summed E-state index contributed by atoms with van der Waals surface area (Å²) in [6.45, 7) is -0.122. The van der Waals surface area contributed by atoms with Crippen LogP contribution in [0.2, 0.25) is 0 Å². The summed E-state index contributed by atoms with van der Waals surface area (Å²) in [7, 11) is 0. The quantitative estimate of drug-likeness (QED) is 0.723. The number of hydrogen-bond acceptors (Lipinski definition) is 2. The van der Waals surface area contributed by atoms with Crippen LogP contribution in [0.25, 0.3) is 0 Å². The predicted molar refractivity (Wildman–Crippen MR) is 45.5 cm³/mol. The van der Waals surface area contributed by atoms with Gasteiger partial charge in [-0.15, -0.1) is 0 Å². The molecule has 0 aromatic heterocycles. The molecule has 0 saturated heterocycles. The number of rotatable bonds is 2. The van der Waals surface area contributed by atoms with Crippen molar-refractivity contribution in [1.82, 2.24) is 0 Å². The average molecular weight is 182 g/mol. The van der Waals surface area contributed by atoms with E-state index in [2.05, 4.69) is 0 Å². The zero-order chi connectivity index (χ0) is 9.47. The second-order valence-electron chi connectivity index (χ2n) is 3.50. The Labute approximate surface area is 75.6 Å². The molecule has 0 spiro atoms. The Morgan fingerprint density at radius 1 is 1.38 bits per heavy atom. The zero-order valence-electron chi connectivity index (χ0n) is 7.13. The number of hydrogen-bond donors (Lipinski definition) is 2. The van der Waals surface area contributed by atoms with E-state index < -0.39 is 11.4 Å². The Morgan fingerprint density at radius 3 is 2.62 bits per heavy atom. The van der Waals surface area contributed by atoms with Crippen molar-refractivity contribution < 1.29 is 14.6 Å². The van der Waals surface area contributed by atoms with Gasteiger partial charge in [0.1, 0.15) is 5.82 Å². The third-order valence-corrected chi connectivity index (χ3v) is 2.44. The van der Waals surface area contributed by atoms with Gasteiger partial charge in [-0.3, -0.25) is 0 Å². The molecule has 1 aromatic rings. The van der Waals surface area contributed by atoms with Crippen LogP contribution in [-0.2, 0) is 12.2 Å². The molecular formula is C10H11FO2.